The molecule has 0 spiro atoms. The zero-order valence-electron chi connectivity index (χ0n) is 11.5. The second-order valence-corrected chi connectivity index (χ2v) is 5.92. The molecule has 0 saturated carbocycles. The van der Waals surface area contributed by atoms with Crippen LogP contribution in [0.4, 0.5) is 0 Å². The highest BCUT2D eigenvalue weighted by atomic mass is 32.2. The number of benzene rings is 1. The second-order valence-electron chi connectivity index (χ2n) is 4.64. The number of para-hydroxylation sites is 1. The molecule has 1 unspecified atom stereocenters. The average molecular weight is 275 g/mol. The molecule has 19 heavy (non-hydrogen) atoms. The zero-order chi connectivity index (χ0) is 13.5. The second kappa shape index (κ2) is 7.36. The summed E-state index contributed by atoms with van der Waals surface area (Å²) in [5, 5.41) is 8.58. The fourth-order valence-corrected chi connectivity index (χ4v) is 2.18. The Morgan fingerprint density at radius 3 is 2.84 bits per heavy atom. The Hall–Kier alpha value is -1.26. The Labute approximate surface area is 119 Å². The van der Waals surface area contributed by atoms with Crippen LogP contribution in [0, 0.1) is 0 Å². The Kier molecular flexibility index (Phi) is 5.48. The zero-order valence-corrected chi connectivity index (χ0v) is 12.4. The van der Waals surface area contributed by atoms with Crippen molar-refractivity contribution in [2.75, 3.05) is 12.8 Å². The van der Waals surface area contributed by atoms with Gasteiger partial charge < -0.3 is 5.32 Å². The summed E-state index contributed by atoms with van der Waals surface area (Å²) in [6, 6.07) is 10.2. The molecular formula is C15H21N3S. The van der Waals surface area contributed by atoms with Gasteiger partial charge in [-0.1, -0.05) is 25.1 Å². The Bertz CT molecular complexity index is 481. The van der Waals surface area contributed by atoms with Gasteiger partial charge >= 0.3 is 0 Å². The van der Waals surface area contributed by atoms with Crippen molar-refractivity contribution >= 4 is 11.8 Å². The monoisotopic (exact) mass is 275 g/mol. The van der Waals surface area contributed by atoms with E-state index in [0.717, 1.165) is 24.0 Å². The first kappa shape index (κ1) is 14.2. The van der Waals surface area contributed by atoms with E-state index < -0.39 is 0 Å². The molecule has 102 valence electrons. The molecule has 2 rings (SSSR count). The van der Waals surface area contributed by atoms with Gasteiger partial charge in [0.2, 0.25) is 0 Å². The normalized spacial score (nSPS) is 12.5. The molecule has 1 aromatic heterocycles. The number of nitrogens with one attached hydrogen (secondary N) is 1. The highest BCUT2D eigenvalue weighted by Gasteiger charge is 2.01. The third kappa shape index (κ3) is 4.40. The molecule has 0 amide bonds. The molecule has 0 radical (unpaired) electrons. The first-order valence-corrected chi connectivity index (χ1v) is 7.91. The molecule has 0 aliphatic rings. The van der Waals surface area contributed by atoms with Gasteiger partial charge in [-0.15, -0.1) is 0 Å². The molecule has 0 aliphatic heterocycles. The van der Waals surface area contributed by atoms with Crippen LogP contribution in [0.1, 0.15) is 18.9 Å². The van der Waals surface area contributed by atoms with E-state index in [1.54, 1.807) is 0 Å². The lowest BCUT2D eigenvalue weighted by Gasteiger charge is -2.08. The summed E-state index contributed by atoms with van der Waals surface area (Å²) < 4.78 is 1.92. The third-order valence-corrected chi connectivity index (χ3v) is 4.16. The fraction of sp³-hybridized carbons (Fsp3) is 0.400. The molecule has 0 saturated heterocycles. The van der Waals surface area contributed by atoms with Crippen LogP contribution in [0.5, 0.6) is 0 Å². The van der Waals surface area contributed by atoms with Gasteiger partial charge in [0.05, 0.1) is 11.9 Å². The van der Waals surface area contributed by atoms with E-state index in [1.807, 2.05) is 40.8 Å². The lowest BCUT2D eigenvalue weighted by Crippen LogP contribution is -2.17. The highest BCUT2D eigenvalue weighted by Crippen LogP contribution is 2.09. The van der Waals surface area contributed by atoms with Crippen LogP contribution in [-0.2, 0) is 6.54 Å². The van der Waals surface area contributed by atoms with Crippen molar-refractivity contribution in [3.63, 3.8) is 0 Å². The van der Waals surface area contributed by atoms with E-state index >= 15 is 0 Å². The highest BCUT2D eigenvalue weighted by molar-refractivity contribution is 7.99. The molecule has 2 aromatic rings. The van der Waals surface area contributed by atoms with Crippen LogP contribution in [0.15, 0.2) is 42.7 Å². The predicted molar refractivity (Wildman–Crippen MR) is 82.9 cm³/mol. The molecule has 4 heteroatoms. The van der Waals surface area contributed by atoms with Crippen LogP contribution >= 0.6 is 11.8 Å². The van der Waals surface area contributed by atoms with Gasteiger partial charge in [0.15, 0.2) is 0 Å². The molecule has 1 N–H and O–H groups in total. The van der Waals surface area contributed by atoms with Gasteiger partial charge in [-0.25, -0.2) is 4.68 Å². The van der Waals surface area contributed by atoms with Gasteiger partial charge in [0.1, 0.15) is 0 Å². The van der Waals surface area contributed by atoms with Crippen molar-refractivity contribution in [1.29, 1.82) is 0 Å². The number of hydrogen-bond acceptors (Lipinski definition) is 3. The van der Waals surface area contributed by atoms with E-state index in [0.29, 0.717) is 0 Å². The van der Waals surface area contributed by atoms with Crippen LogP contribution < -0.4 is 5.32 Å². The van der Waals surface area contributed by atoms with Crippen molar-refractivity contribution in [2.45, 2.75) is 25.1 Å². The maximum atomic E-state index is 4.39. The quantitative estimate of drug-likeness (QED) is 0.788. The largest absolute Gasteiger partial charge is 0.313 e. The van der Waals surface area contributed by atoms with E-state index in [1.165, 1.54) is 12.0 Å². The molecule has 1 aromatic carbocycles. The summed E-state index contributed by atoms with van der Waals surface area (Å²) >= 11 is 1.92. The molecule has 0 bridgehead atoms. The minimum Gasteiger partial charge on any atom is -0.313 e. The predicted octanol–water partition coefficient (Wildman–Crippen LogP) is 3.10. The van der Waals surface area contributed by atoms with E-state index in [2.05, 4.69) is 41.9 Å². The van der Waals surface area contributed by atoms with E-state index in [9.17, 15) is 0 Å². The lowest BCUT2D eigenvalue weighted by molar-refractivity contribution is 0.648. The summed E-state index contributed by atoms with van der Waals surface area (Å²) in [4.78, 5) is 0. The average Bonchev–Trinajstić information content (AvgIpc) is 2.93. The Morgan fingerprint density at radius 2 is 2.11 bits per heavy atom. The smallest absolute Gasteiger partial charge is 0.0645 e. The fourth-order valence-electron chi connectivity index (χ4n) is 1.83. The van der Waals surface area contributed by atoms with Crippen molar-refractivity contribution in [1.82, 2.24) is 15.1 Å². The Morgan fingerprint density at radius 1 is 1.32 bits per heavy atom. The van der Waals surface area contributed by atoms with Gasteiger partial charge in [0.25, 0.3) is 0 Å². The maximum Gasteiger partial charge on any atom is 0.0645 e. The van der Waals surface area contributed by atoms with E-state index in [-0.39, 0.29) is 0 Å². The van der Waals surface area contributed by atoms with Crippen LogP contribution in [0.3, 0.4) is 0 Å². The van der Waals surface area contributed by atoms with Crippen LogP contribution in [0.25, 0.3) is 5.69 Å². The van der Waals surface area contributed by atoms with Gasteiger partial charge in [0, 0.05) is 23.6 Å². The van der Waals surface area contributed by atoms with Gasteiger partial charge in [-0.3, -0.25) is 0 Å². The number of thioether (sulfide) groups is 1. The van der Waals surface area contributed by atoms with Crippen LogP contribution in [0.2, 0.25) is 0 Å². The Balaban J connectivity index is 1.82. The van der Waals surface area contributed by atoms with Gasteiger partial charge in [-0.2, -0.15) is 16.9 Å². The summed E-state index contributed by atoms with van der Waals surface area (Å²) in [6.07, 6.45) is 7.38. The van der Waals surface area contributed by atoms with Crippen molar-refractivity contribution in [3.05, 3.63) is 48.3 Å². The molecule has 3 nitrogen and oxygen atoms in total. The van der Waals surface area contributed by atoms with Crippen molar-refractivity contribution in [3.8, 4) is 5.69 Å². The van der Waals surface area contributed by atoms with Gasteiger partial charge in [-0.05, 0) is 31.4 Å². The molecular weight excluding hydrogens is 254 g/mol. The standard InChI is InChI=1S/C15H21N3S/c1-13(19-2)8-9-16-10-14-11-17-18(12-14)15-6-4-3-5-7-15/h3-7,11-13,16H,8-10H2,1-2H3. The first-order valence-electron chi connectivity index (χ1n) is 6.62. The lowest BCUT2D eigenvalue weighted by atomic mass is 10.3. The summed E-state index contributed by atoms with van der Waals surface area (Å²) in [6.45, 7) is 4.20. The summed E-state index contributed by atoms with van der Waals surface area (Å²) in [7, 11) is 0. The minimum absolute atomic E-state index is 0.722. The molecule has 1 atom stereocenters. The summed E-state index contributed by atoms with van der Waals surface area (Å²) in [5.74, 6) is 0. The van der Waals surface area contributed by atoms with Crippen molar-refractivity contribution < 1.29 is 0 Å². The molecule has 0 fully saturated rings. The maximum absolute atomic E-state index is 4.39. The number of nitrogens with zero attached hydrogens (tertiary/aromatic N) is 2. The summed E-state index contributed by atoms with van der Waals surface area (Å²) in [5.41, 5.74) is 2.32. The number of hydrogen-bond donors (Lipinski definition) is 1. The van der Waals surface area contributed by atoms with E-state index in [4.69, 9.17) is 0 Å². The third-order valence-electron chi connectivity index (χ3n) is 3.12. The first-order chi connectivity index (χ1) is 9.29. The topological polar surface area (TPSA) is 29.9 Å². The van der Waals surface area contributed by atoms with Crippen molar-refractivity contribution in [2.24, 2.45) is 0 Å². The van der Waals surface area contributed by atoms with Crippen LogP contribution in [-0.4, -0.2) is 27.8 Å². The minimum atomic E-state index is 0.722. The SMILES string of the molecule is CSC(C)CCNCc1cnn(-c2ccccc2)c1. The number of aromatic nitrogens is 2. The number of rotatable bonds is 7. The molecule has 1 heterocycles. The molecule has 0 aliphatic carbocycles.